The van der Waals surface area contributed by atoms with E-state index in [1.807, 2.05) is 34.4 Å². The van der Waals surface area contributed by atoms with Crippen LogP contribution in [0.2, 0.25) is 0 Å². The first-order valence-corrected chi connectivity index (χ1v) is 40.9. The fourth-order valence-electron chi connectivity index (χ4n) is 27.4. The maximum Gasteiger partial charge on any atom is 0.338 e. The van der Waals surface area contributed by atoms with Gasteiger partial charge in [-0.05, 0) is 186 Å². The van der Waals surface area contributed by atoms with Gasteiger partial charge in [0.2, 0.25) is 0 Å². The number of hydrogen-bond donors (Lipinski definition) is 6. The Kier molecular flexibility index (Phi) is 9.71. The monoisotopic (exact) mass is 1550 g/mol. The van der Waals surface area contributed by atoms with Crippen LogP contribution in [0, 0.1) is 28.1 Å². The number of anilines is 2. The molecule has 558 valence electrons. The molecule has 6 aromatic rings. The lowest BCUT2D eigenvalue weighted by molar-refractivity contribution is -0.136. The zero-order valence-corrected chi connectivity index (χ0v) is 62.7. The summed E-state index contributed by atoms with van der Waals surface area (Å²) in [7, 11) is 0. The average Bonchev–Trinajstić information content (AvgIpc) is 0.626. The van der Waals surface area contributed by atoms with Crippen molar-refractivity contribution in [2.45, 2.75) is 74.1 Å². The van der Waals surface area contributed by atoms with Gasteiger partial charge in [0.05, 0.1) is 116 Å². The second-order valence-corrected chi connectivity index (χ2v) is 35.3. The van der Waals surface area contributed by atoms with Crippen LogP contribution in [0.1, 0.15) is 132 Å². The topological polar surface area (TPSA) is 280 Å². The molecule has 26 aliphatic rings. The zero-order chi connectivity index (χ0) is 78.4. The van der Waals surface area contributed by atoms with E-state index in [1.54, 1.807) is 36.8 Å². The number of aromatic hydroxyl groups is 1. The van der Waals surface area contributed by atoms with Crippen LogP contribution >= 0.6 is 0 Å². The van der Waals surface area contributed by atoms with Crippen molar-refractivity contribution in [2.75, 3.05) is 16.3 Å². The number of phenolic OH excluding ortho intramolecular Hbond substituents is 1. The van der Waals surface area contributed by atoms with Gasteiger partial charge >= 0.3 is 11.9 Å². The summed E-state index contributed by atoms with van der Waals surface area (Å²) < 4.78 is 4.98. The number of aliphatic hydroxyl groups excluding tert-OH is 2. The summed E-state index contributed by atoms with van der Waals surface area (Å²) in [6.45, 7) is 0.605. The molecule has 120 heavy (non-hydrogen) atoms. The fourth-order valence-corrected chi connectivity index (χ4v) is 27.4. The Morgan fingerprint density at radius 3 is 2.46 bits per heavy atom. The minimum Gasteiger partial charge on any atom is -0.507 e. The molecule has 8 atom stereocenters. The molecule has 20 nitrogen and oxygen atoms in total. The van der Waals surface area contributed by atoms with E-state index in [-0.39, 0.29) is 41.7 Å². The number of carboxylic acids is 2. The van der Waals surface area contributed by atoms with Crippen molar-refractivity contribution in [1.29, 1.82) is 15.9 Å². The predicted octanol–water partition coefficient (Wildman–Crippen LogP) is 14.8. The molecule has 3 aliphatic carbocycles. The van der Waals surface area contributed by atoms with E-state index in [9.17, 15) is 40.9 Å². The standard InChI is InChI=1S/C100H51N13O7/c101-13-2-4-16-110-34-59-39-12-20-108(17-5-14-102)56-30-54-78-84-83-76-45-27-44-65-43-25-37-24-40-42(97(117)50-32-104-91-86(74(50)64(40)43)82(65)75-51(98(91)118)33-109(18-6-15-103)55-28-47-69(70(44)79(55)75)71(45)85(84)90(106-54)77(47)100(119)120)21-35-22-48-72-63(37)99-107-89(76)80-58-29-46-66-52(105-53-31-57(81(72)95(67(46)53)113(58)99)111(92(48)60(114)23-35)19-3-1-7-61(115)116)11-9-36-8-10-38-41(62(36)66)26-49-73(80)88(83)96(87(78)68(39)56)112(59)94(49)93(38)110/h1-6,8-13,17-18,20-23,26,28-34,40,58,66,85,87,95,99,101,114,117-118H,7,16,19,24-25,27H2,(H,115,116)(H,119,120)/b3-1+,4-2+,17-5+,18-6+,42-21+,63-37-,101-13?. The van der Waals surface area contributed by atoms with Gasteiger partial charge in [0, 0.05) is 191 Å². The molecule has 8 unspecified atom stereocenters. The van der Waals surface area contributed by atoms with E-state index in [0.29, 0.717) is 81.4 Å². The number of carboxylic acid groups (broad SMARTS) is 2. The minimum absolute atomic E-state index is 0.00294. The first kappa shape index (κ1) is 61.0. The molecule has 0 spiro atoms. The van der Waals surface area contributed by atoms with Crippen LogP contribution in [0.5, 0.6) is 5.75 Å². The molecule has 3 aromatic heterocycles. The molecule has 0 saturated heterocycles. The molecule has 0 radical (unpaired) electrons. The smallest absolute Gasteiger partial charge is 0.338 e. The number of aliphatic carboxylic acids is 2. The van der Waals surface area contributed by atoms with Crippen LogP contribution in [0.25, 0.3) is 95.9 Å². The van der Waals surface area contributed by atoms with Gasteiger partial charge in [-0.1, -0.05) is 48.1 Å². The molecular formula is C100H51N13O7. The number of nitrogens with one attached hydrogen (secondary N) is 1. The Morgan fingerprint density at radius 1 is 0.700 bits per heavy atom. The molecule has 23 aliphatic heterocycles. The number of pyridine rings is 1. The molecule has 26 heterocycles. The summed E-state index contributed by atoms with van der Waals surface area (Å²) in [6, 6.07) is 16.7. The van der Waals surface area contributed by atoms with Crippen molar-refractivity contribution >= 4 is 143 Å². The van der Waals surface area contributed by atoms with E-state index in [4.69, 9.17) is 25.4 Å². The quantitative estimate of drug-likeness (QED) is 0.0322. The first-order valence-electron chi connectivity index (χ1n) is 40.9. The summed E-state index contributed by atoms with van der Waals surface area (Å²) in [5, 5.41) is 98.1. The summed E-state index contributed by atoms with van der Waals surface area (Å²) in [5.74, 6) is -4.33. The highest BCUT2D eigenvalue weighted by molar-refractivity contribution is 6.43. The SMILES string of the molecule is N#C/C=C/N1C=C2C3=C4C5=C6C/C7=C8\C9=NC%10/C%11=C%12\Cc%13c6c3c3/c(ncc6c3c%13C(C%12)/C(=C\c3cc(O)c%12c(c3)C%11=C3/C(=C\C%11=C%13/C%14=CC(/C9=C9/c%15c8c8c%16c(cc%17c%18c(c%19cn(C/C=C/C=N)c%20c%21ccc%22c(c%21cc9c%20n-%19c%15C%18%16)C%14C(=N%11)C=C%22)C=CN%17/C=C/C#N)N=C9C(C(=O)O)=C(/C=C\41)C5=C7C98)N%10C3%13)N%12C/C=C/CC(=O)O)C=6O)=C\2O. The highest BCUT2D eigenvalue weighted by Gasteiger charge is 2.65. The van der Waals surface area contributed by atoms with Crippen LogP contribution in [0.15, 0.2) is 250 Å². The Hall–Kier alpha value is -15.5. The van der Waals surface area contributed by atoms with Crippen molar-refractivity contribution < 1.29 is 35.1 Å². The Balaban J connectivity index is 0.852. The molecule has 62 bridgehead atoms. The maximum absolute atomic E-state index is 15.8. The van der Waals surface area contributed by atoms with Crippen molar-refractivity contribution in [3.05, 3.63) is 335 Å². The number of rotatable bonds is 10. The predicted molar refractivity (Wildman–Crippen MR) is 452 cm³/mol. The van der Waals surface area contributed by atoms with Gasteiger partial charge in [-0.15, -0.1) is 0 Å². The Labute approximate surface area is 677 Å². The molecule has 3 aromatic carbocycles. The van der Waals surface area contributed by atoms with Gasteiger partial charge in [-0.2, -0.15) is 10.5 Å². The number of aliphatic imine (C=N–C) groups is 3. The number of hydrogen-bond acceptors (Lipinski definition) is 16. The normalized spacial score (nSPS) is 30.1. The van der Waals surface area contributed by atoms with Gasteiger partial charge in [0.25, 0.3) is 0 Å². The fraction of sp³-hybridized carbons (Fsp3) is 0.130. The zero-order valence-electron chi connectivity index (χ0n) is 62.7. The van der Waals surface area contributed by atoms with E-state index < -0.39 is 47.9 Å². The van der Waals surface area contributed by atoms with Gasteiger partial charge in [0.1, 0.15) is 23.0 Å². The van der Waals surface area contributed by atoms with E-state index >= 15 is 4.79 Å². The largest absolute Gasteiger partial charge is 0.507 e. The number of allylic oxidation sites excluding steroid dienone is 15. The average molecular weight is 1550 g/mol. The maximum atomic E-state index is 15.8. The molecule has 20 heteroatoms. The molecule has 0 fully saturated rings. The highest BCUT2D eigenvalue weighted by Crippen LogP contribution is 2.75. The van der Waals surface area contributed by atoms with Gasteiger partial charge in [-0.25, -0.2) is 4.79 Å². The lowest BCUT2D eigenvalue weighted by Gasteiger charge is -2.60. The summed E-state index contributed by atoms with van der Waals surface area (Å²) in [4.78, 5) is 61.3. The van der Waals surface area contributed by atoms with Crippen LogP contribution in [0.4, 0.5) is 17.1 Å². The van der Waals surface area contributed by atoms with Crippen molar-refractivity contribution in [2.24, 2.45) is 15.0 Å². The first-order chi connectivity index (χ1) is 58.9. The summed E-state index contributed by atoms with van der Waals surface area (Å²) in [6.07, 6.45) is 38.8. The number of phenols is 1. The van der Waals surface area contributed by atoms with Gasteiger partial charge in [0.15, 0.2) is 5.76 Å². The van der Waals surface area contributed by atoms with Gasteiger partial charge in [-0.3, -0.25) is 29.7 Å². The van der Waals surface area contributed by atoms with Crippen LogP contribution in [-0.2, 0) is 22.6 Å². The van der Waals surface area contributed by atoms with Crippen LogP contribution in [-0.4, -0.2) is 110 Å². The lowest BCUT2D eigenvalue weighted by atomic mass is 9.51. The van der Waals surface area contributed by atoms with E-state index in [0.717, 1.165) is 240 Å². The second-order valence-electron chi connectivity index (χ2n) is 35.3. The Morgan fingerprint density at radius 2 is 1.59 bits per heavy atom. The number of aromatic nitrogens is 3. The van der Waals surface area contributed by atoms with E-state index in [2.05, 4.69) is 110 Å². The Bertz CT molecular complexity index is 8400. The highest BCUT2D eigenvalue weighted by atomic mass is 16.4. The van der Waals surface area contributed by atoms with Crippen molar-refractivity contribution in [1.82, 2.24) is 23.9 Å². The lowest BCUT2D eigenvalue weighted by Crippen LogP contribution is -2.62. The van der Waals surface area contributed by atoms with Crippen LogP contribution < -0.4 is 20.4 Å². The van der Waals surface area contributed by atoms with Crippen molar-refractivity contribution in [3.63, 3.8) is 0 Å². The summed E-state index contributed by atoms with van der Waals surface area (Å²) in [5.41, 5.74) is 42.5. The van der Waals surface area contributed by atoms with E-state index in [1.165, 1.54) is 18.4 Å². The summed E-state index contributed by atoms with van der Waals surface area (Å²) >= 11 is 0. The number of aliphatic hydroxyl groups is 2. The third-order valence-corrected chi connectivity index (χ3v) is 30.9. The van der Waals surface area contributed by atoms with Gasteiger partial charge < -0.3 is 54.8 Å². The van der Waals surface area contributed by atoms with Crippen molar-refractivity contribution in [3.8, 4) is 23.6 Å². The molecule has 32 rings (SSSR count). The third kappa shape index (κ3) is 6.09. The molecule has 6 N–H and O–H groups in total. The number of benzene rings is 4. The molecule has 0 amide bonds. The van der Waals surface area contributed by atoms with Crippen LogP contribution in [0.3, 0.4) is 0 Å². The number of nitriles is 2. The third-order valence-electron chi connectivity index (χ3n) is 30.9. The molecule has 0 saturated carbocycles. The second kappa shape index (κ2) is 19.1. The minimum atomic E-state index is -1.15. The molecular weight excluding hydrogens is 1500 g/mol. The number of carbonyl (C=O) groups is 2. The number of nitrogens with zero attached hydrogens (tertiary/aromatic N) is 12.